The summed E-state index contributed by atoms with van der Waals surface area (Å²) < 4.78 is 5.85. The lowest BCUT2D eigenvalue weighted by molar-refractivity contribution is 0.120. The van der Waals surface area contributed by atoms with Crippen molar-refractivity contribution < 1.29 is 4.52 Å². The number of hydrogen-bond acceptors (Lipinski definition) is 4. The summed E-state index contributed by atoms with van der Waals surface area (Å²) in [5.41, 5.74) is 3.71. The predicted octanol–water partition coefficient (Wildman–Crippen LogP) is 4.78. The van der Waals surface area contributed by atoms with Gasteiger partial charge in [-0.25, -0.2) is 0 Å². The van der Waals surface area contributed by atoms with E-state index in [9.17, 15) is 0 Å². The van der Waals surface area contributed by atoms with Gasteiger partial charge in [0.2, 0.25) is 11.7 Å². The summed E-state index contributed by atoms with van der Waals surface area (Å²) in [6.07, 6.45) is 3.63. The largest absolute Gasteiger partial charge is 0.339 e. The molecule has 3 heterocycles. The Labute approximate surface area is 160 Å². The van der Waals surface area contributed by atoms with Crippen LogP contribution in [0.1, 0.15) is 48.1 Å². The van der Waals surface area contributed by atoms with E-state index < -0.39 is 0 Å². The average molecular weight is 359 g/mol. The van der Waals surface area contributed by atoms with Crippen LogP contribution in [0.3, 0.4) is 0 Å². The minimum atomic E-state index is 0.251. The van der Waals surface area contributed by atoms with Gasteiger partial charge in [0.15, 0.2) is 0 Å². The van der Waals surface area contributed by atoms with Gasteiger partial charge in [0.1, 0.15) is 0 Å². The second-order valence-corrected chi connectivity index (χ2v) is 8.06. The maximum absolute atomic E-state index is 5.85. The monoisotopic (exact) mass is 359 g/mol. The standard InChI is InChI=1S/C23H25N3O/c1-15-8-10-16(11-9-15)19-14-18-12-13-20(26(18)2)21(19)23-24-22(25-27-23)17-6-4-3-5-7-17/h3-11,18-21H,12-14H2,1-2H3. The highest BCUT2D eigenvalue weighted by molar-refractivity contribution is 5.53. The molecule has 0 saturated carbocycles. The van der Waals surface area contributed by atoms with Crippen LogP contribution < -0.4 is 0 Å². The number of benzene rings is 2. The molecule has 3 aromatic rings. The average Bonchev–Trinajstić information content (AvgIpc) is 3.26. The maximum Gasteiger partial charge on any atom is 0.232 e. The Morgan fingerprint density at radius 1 is 1.00 bits per heavy atom. The van der Waals surface area contributed by atoms with Crippen LogP contribution in [0.2, 0.25) is 0 Å². The number of fused-ring (bicyclic) bond motifs is 2. The number of nitrogens with zero attached hydrogens (tertiary/aromatic N) is 3. The fourth-order valence-corrected chi connectivity index (χ4v) is 5.03. The maximum atomic E-state index is 5.85. The first-order valence-electron chi connectivity index (χ1n) is 9.88. The van der Waals surface area contributed by atoms with Gasteiger partial charge < -0.3 is 4.52 Å². The summed E-state index contributed by atoms with van der Waals surface area (Å²) in [6.45, 7) is 2.14. The lowest BCUT2D eigenvalue weighted by Gasteiger charge is -2.41. The lowest BCUT2D eigenvalue weighted by Crippen LogP contribution is -2.44. The molecule has 2 aliphatic heterocycles. The van der Waals surface area contributed by atoms with E-state index in [1.165, 1.54) is 24.0 Å². The molecule has 2 aromatic carbocycles. The van der Waals surface area contributed by atoms with Crippen LogP contribution in [-0.4, -0.2) is 34.2 Å². The van der Waals surface area contributed by atoms with E-state index in [2.05, 4.69) is 48.3 Å². The Hall–Kier alpha value is -2.46. The van der Waals surface area contributed by atoms with Crippen LogP contribution in [0.15, 0.2) is 59.1 Å². The van der Waals surface area contributed by atoms with E-state index in [4.69, 9.17) is 9.51 Å². The fourth-order valence-electron chi connectivity index (χ4n) is 5.03. The molecule has 4 unspecified atom stereocenters. The van der Waals surface area contributed by atoms with E-state index in [-0.39, 0.29) is 5.92 Å². The highest BCUT2D eigenvalue weighted by atomic mass is 16.5. The smallest absolute Gasteiger partial charge is 0.232 e. The molecular formula is C23H25N3O. The van der Waals surface area contributed by atoms with Crippen LogP contribution in [-0.2, 0) is 0 Å². The van der Waals surface area contributed by atoms with Gasteiger partial charge in [-0.05, 0) is 44.7 Å². The highest BCUT2D eigenvalue weighted by Crippen LogP contribution is 2.50. The Morgan fingerprint density at radius 3 is 2.56 bits per heavy atom. The zero-order chi connectivity index (χ0) is 18.4. The highest BCUT2D eigenvalue weighted by Gasteiger charge is 2.48. The van der Waals surface area contributed by atoms with Crippen LogP contribution in [0.4, 0.5) is 0 Å². The van der Waals surface area contributed by atoms with Gasteiger partial charge in [0.05, 0.1) is 5.92 Å². The van der Waals surface area contributed by atoms with E-state index in [1.54, 1.807) is 0 Å². The van der Waals surface area contributed by atoms with Crippen LogP contribution >= 0.6 is 0 Å². The van der Waals surface area contributed by atoms with Crippen molar-refractivity contribution >= 4 is 0 Å². The van der Waals surface area contributed by atoms with Crippen molar-refractivity contribution in [2.45, 2.75) is 50.1 Å². The van der Waals surface area contributed by atoms with E-state index in [1.807, 2.05) is 30.3 Å². The lowest BCUT2D eigenvalue weighted by atomic mass is 9.76. The number of rotatable bonds is 3. The minimum absolute atomic E-state index is 0.251. The molecule has 0 amide bonds. The van der Waals surface area contributed by atoms with Crippen molar-refractivity contribution in [1.82, 2.24) is 15.0 Å². The Morgan fingerprint density at radius 2 is 1.78 bits per heavy atom. The molecule has 27 heavy (non-hydrogen) atoms. The molecule has 5 rings (SSSR count). The normalized spacial score (nSPS) is 27.8. The van der Waals surface area contributed by atoms with Gasteiger partial charge in [0.25, 0.3) is 0 Å². The first-order valence-corrected chi connectivity index (χ1v) is 9.88. The number of piperidine rings is 1. The summed E-state index contributed by atoms with van der Waals surface area (Å²) in [5.74, 6) is 2.16. The minimum Gasteiger partial charge on any atom is -0.339 e. The molecule has 4 heteroatoms. The molecule has 2 saturated heterocycles. The molecule has 2 bridgehead atoms. The molecule has 138 valence electrons. The Kier molecular flexibility index (Phi) is 4.09. The molecule has 4 atom stereocenters. The molecule has 2 fully saturated rings. The van der Waals surface area contributed by atoms with E-state index in [0.29, 0.717) is 23.8 Å². The molecule has 0 spiro atoms. The summed E-state index contributed by atoms with van der Waals surface area (Å²) >= 11 is 0. The number of hydrogen-bond donors (Lipinski definition) is 0. The molecule has 1 aromatic heterocycles. The first-order chi connectivity index (χ1) is 13.2. The quantitative estimate of drug-likeness (QED) is 0.675. The van der Waals surface area contributed by atoms with Crippen molar-refractivity contribution in [2.75, 3.05) is 7.05 Å². The van der Waals surface area contributed by atoms with Gasteiger partial charge in [-0.2, -0.15) is 4.98 Å². The van der Waals surface area contributed by atoms with Gasteiger partial charge in [0, 0.05) is 17.6 Å². The van der Waals surface area contributed by atoms with Gasteiger partial charge in [-0.15, -0.1) is 0 Å². The molecular weight excluding hydrogens is 334 g/mol. The number of likely N-dealkylation sites (N-methyl/N-ethyl adjacent to an activating group) is 1. The van der Waals surface area contributed by atoms with Crippen LogP contribution in [0.25, 0.3) is 11.4 Å². The Bertz CT molecular complexity index is 918. The number of aryl methyl sites for hydroxylation is 1. The molecule has 4 nitrogen and oxygen atoms in total. The zero-order valence-electron chi connectivity index (χ0n) is 15.9. The molecule has 0 N–H and O–H groups in total. The van der Waals surface area contributed by atoms with E-state index in [0.717, 1.165) is 17.9 Å². The van der Waals surface area contributed by atoms with Crippen LogP contribution in [0, 0.1) is 6.92 Å². The molecule has 2 aliphatic rings. The third-order valence-electron chi connectivity index (χ3n) is 6.53. The van der Waals surface area contributed by atoms with Crippen molar-refractivity contribution in [3.8, 4) is 11.4 Å². The van der Waals surface area contributed by atoms with Crippen molar-refractivity contribution in [3.63, 3.8) is 0 Å². The topological polar surface area (TPSA) is 42.2 Å². The predicted molar refractivity (Wildman–Crippen MR) is 106 cm³/mol. The van der Waals surface area contributed by atoms with Crippen LogP contribution in [0.5, 0.6) is 0 Å². The van der Waals surface area contributed by atoms with Crippen molar-refractivity contribution in [3.05, 3.63) is 71.6 Å². The first kappa shape index (κ1) is 16.7. The van der Waals surface area contributed by atoms with Gasteiger partial charge in [-0.3, -0.25) is 4.90 Å². The molecule has 0 radical (unpaired) electrons. The second-order valence-electron chi connectivity index (χ2n) is 8.06. The fraction of sp³-hybridized carbons (Fsp3) is 0.391. The summed E-state index contributed by atoms with van der Waals surface area (Å²) in [5, 5.41) is 4.31. The third-order valence-corrected chi connectivity index (χ3v) is 6.53. The van der Waals surface area contributed by atoms with Crippen molar-refractivity contribution in [1.29, 1.82) is 0 Å². The zero-order valence-corrected chi connectivity index (χ0v) is 15.9. The second kappa shape index (κ2) is 6.61. The summed E-state index contributed by atoms with van der Waals surface area (Å²) in [6, 6.07) is 20.2. The SMILES string of the molecule is Cc1ccc(C2CC3CCC(C2c2nc(-c4ccccc4)no2)N3C)cc1. The summed E-state index contributed by atoms with van der Waals surface area (Å²) in [7, 11) is 2.26. The third kappa shape index (κ3) is 2.88. The van der Waals surface area contributed by atoms with Gasteiger partial charge in [-0.1, -0.05) is 65.3 Å². The molecule has 0 aliphatic carbocycles. The van der Waals surface area contributed by atoms with Crippen molar-refractivity contribution in [2.24, 2.45) is 0 Å². The van der Waals surface area contributed by atoms with Gasteiger partial charge >= 0.3 is 0 Å². The van der Waals surface area contributed by atoms with E-state index >= 15 is 0 Å². The Balaban J connectivity index is 1.54. The summed E-state index contributed by atoms with van der Waals surface area (Å²) in [4.78, 5) is 7.39. The number of aromatic nitrogens is 2.